The van der Waals surface area contributed by atoms with E-state index in [-0.39, 0.29) is 5.91 Å². The lowest BCUT2D eigenvalue weighted by atomic mass is 10.0. The zero-order valence-corrected chi connectivity index (χ0v) is 12.0. The second-order valence-corrected chi connectivity index (χ2v) is 5.93. The van der Waals surface area contributed by atoms with Gasteiger partial charge in [-0.05, 0) is 26.2 Å². The largest absolute Gasteiger partial charge is 0.382 e. The number of nitrogens with zero attached hydrogens (tertiary/aromatic N) is 3. The number of rotatable bonds is 2. The van der Waals surface area contributed by atoms with Crippen LogP contribution in [-0.4, -0.2) is 42.5 Å². The highest BCUT2D eigenvalue weighted by atomic mass is 32.1. The fraction of sp³-hybridized carbons (Fsp3) is 0.667. The highest BCUT2D eigenvalue weighted by Crippen LogP contribution is 2.29. The molecule has 6 heteroatoms. The van der Waals surface area contributed by atoms with Crippen molar-refractivity contribution in [3.8, 4) is 0 Å². The Kier molecular flexibility index (Phi) is 3.75. The van der Waals surface area contributed by atoms with Crippen molar-refractivity contribution in [2.24, 2.45) is 0 Å². The molecular formula is C12H20N4OS. The normalized spacial score (nSPS) is 19.9. The van der Waals surface area contributed by atoms with E-state index in [0.717, 1.165) is 24.5 Å². The van der Waals surface area contributed by atoms with E-state index in [0.29, 0.717) is 16.7 Å². The first kappa shape index (κ1) is 13.1. The van der Waals surface area contributed by atoms with Crippen molar-refractivity contribution in [2.45, 2.75) is 32.2 Å². The summed E-state index contributed by atoms with van der Waals surface area (Å²) in [6.07, 6.45) is 3.35. The molecule has 1 aromatic rings. The number of anilines is 2. The number of likely N-dealkylation sites (tertiary alicyclic amines) is 1. The van der Waals surface area contributed by atoms with Gasteiger partial charge in [-0.1, -0.05) is 11.3 Å². The predicted octanol–water partition coefficient (Wildman–Crippen LogP) is 1.81. The number of nitrogens with two attached hydrogens (primary N) is 1. The minimum atomic E-state index is 0.0327. The van der Waals surface area contributed by atoms with Crippen LogP contribution in [-0.2, 0) is 0 Å². The second-order valence-electron chi connectivity index (χ2n) is 4.95. The van der Waals surface area contributed by atoms with Crippen molar-refractivity contribution in [3.63, 3.8) is 0 Å². The van der Waals surface area contributed by atoms with Gasteiger partial charge in [-0.2, -0.15) is 0 Å². The molecule has 0 aliphatic carbocycles. The van der Waals surface area contributed by atoms with Gasteiger partial charge in [-0.15, -0.1) is 0 Å². The van der Waals surface area contributed by atoms with Gasteiger partial charge in [0.05, 0.1) is 0 Å². The number of aromatic nitrogens is 1. The summed E-state index contributed by atoms with van der Waals surface area (Å²) >= 11 is 1.37. The van der Waals surface area contributed by atoms with E-state index in [2.05, 4.69) is 11.9 Å². The molecule has 0 aromatic carbocycles. The zero-order chi connectivity index (χ0) is 13.3. The van der Waals surface area contributed by atoms with Gasteiger partial charge in [0.2, 0.25) is 0 Å². The topological polar surface area (TPSA) is 62.5 Å². The first-order valence-corrected chi connectivity index (χ1v) is 7.07. The molecule has 1 aliphatic heterocycles. The Labute approximate surface area is 112 Å². The van der Waals surface area contributed by atoms with Crippen LogP contribution in [0.3, 0.4) is 0 Å². The molecule has 0 saturated carbocycles. The highest BCUT2D eigenvalue weighted by molar-refractivity contribution is 7.18. The molecule has 2 N–H and O–H groups in total. The van der Waals surface area contributed by atoms with E-state index in [4.69, 9.17) is 5.73 Å². The fourth-order valence-electron chi connectivity index (χ4n) is 2.19. The maximum absolute atomic E-state index is 12.5. The Morgan fingerprint density at radius 1 is 1.50 bits per heavy atom. The smallest absolute Gasteiger partial charge is 0.268 e. The molecule has 18 heavy (non-hydrogen) atoms. The third-order valence-electron chi connectivity index (χ3n) is 3.28. The van der Waals surface area contributed by atoms with Crippen LogP contribution in [0.15, 0.2) is 0 Å². The van der Waals surface area contributed by atoms with Crippen molar-refractivity contribution < 1.29 is 4.79 Å². The molecule has 1 aromatic heterocycles. The Hall–Kier alpha value is -1.30. The molecule has 5 nitrogen and oxygen atoms in total. The van der Waals surface area contributed by atoms with Crippen LogP contribution in [0.2, 0.25) is 0 Å². The monoisotopic (exact) mass is 268 g/mol. The Morgan fingerprint density at radius 2 is 2.22 bits per heavy atom. The van der Waals surface area contributed by atoms with Crippen LogP contribution in [0.1, 0.15) is 35.9 Å². The van der Waals surface area contributed by atoms with Crippen LogP contribution < -0.4 is 10.6 Å². The minimum absolute atomic E-state index is 0.0327. The van der Waals surface area contributed by atoms with Gasteiger partial charge in [-0.25, -0.2) is 4.98 Å². The summed E-state index contributed by atoms with van der Waals surface area (Å²) in [5.41, 5.74) is 5.86. The second kappa shape index (κ2) is 5.14. The molecule has 1 fully saturated rings. The van der Waals surface area contributed by atoms with Crippen molar-refractivity contribution in [2.75, 3.05) is 31.3 Å². The van der Waals surface area contributed by atoms with Gasteiger partial charge in [-0.3, -0.25) is 4.79 Å². The van der Waals surface area contributed by atoms with Crippen LogP contribution in [0.25, 0.3) is 0 Å². The molecule has 0 spiro atoms. The molecular weight excluding hydrogens is 248 g/mol. The summed E-state index contributed by atoms with van der Waals surface area (Å²) in [5, 5.41) is 0.778. The van der Waals surface area contributed by atoms with Gasteiger partial charge in [0, 0.05) is 26.7 Å². The average Bonchev–Trinajstić information content (AvgIpc) is 2.71. The highest BCUT2D eigenvalue weighted by Gasteiger charge is 2.27. The van der Waals surface area contributed by atoms with Crippen LogP contribution in [0, 0.1) is 0 Å². The van der Waals surface area contributed by atoms with Crippen molar-refractivity contribution in [1.82, 2.24) is 9.88 Å². The fourth-order valence-corrected chi connectivity index (χ4v) is 3.06. The van der Waals surface area contributed by atoms with Gasteiger partial charge >= 0.3 is 0 Å². The molecule has 1 saturated heterocycles. The van der Waals surface area contributed by atoms with Gasteiger partial charge in [0.1, 0.15) is 10.7 Å². The first-order valence-electron chi connectivity index (χ1n) is 6.25. The summed E-state index contributed by atoms with van der Waals surface area (Å²) in [6.45, 7) is 2.93. The maximum Gasteiger partial charge on any atom is 0.268 e. The standard InChI is InChI=1S/C12H20N4OS/c1-8-6-4-5-7-16(8)11(17)9-10(13)14-12(18-9)15(2)3/h8H,4-7,13H2,1-3H3. The quantitative estimate of drug-likeness (QED) is 0.888. The average molecular weight is 268 g/mol. The number of carbonyl (C=O) groups excluding carboxylic acids is 1. The number of hydrogen-bond acceptors (Lipinski definition) is 5. The zero-order valence-electron chi connectivity index (χ0n) is 11.1. The summed E-state index contributed by atoms with van der Waals surface area (Å²) in [4.78, 5) is 21.1. The van der Waals surface area contributed by atoms with E-state index in [1.165, 1.54) is 17.8 Å². The van der Waals surface area contributed by atoms with E-state index in [1.54, 1.807) is 0 Å². The number of nitrogen functional groups attached to an aromatic ring is 1. The van der Waals surface area contributed by atoms with Gasteiger partial charge < -0.3 is 15.5 Å². The lowest BCUT2D eigenvalue weighted by Crippen LogP contribution is -2.41. The molecule has 100 valence electrons. The Morgan fingerprint density at radius 3 is 2.78 bits per heavy atom. The molecule has 2 rings (SSSR count). The van der Waals surface area contributed by atoms with E-state index < -0.39 is 0 Å². The molecule has 1 aliphatic rings. The minimum Gasteiger partial charge on any atom is -0.382 e. The number of piperidine rings is 1. The summed E-state index contributed by atoms with van der Waals surface area (Å²) < 4.78 is 0. The van der Waals surface area contributed by atoms with E-state index in [1.807, 2.05) is 23.9 Å². The van der Waals surface area contributed by atoms with Crippen molar-refractivity contribution >= 4 is 28.2 Å². The van der Waals surface area contributed by atoms with Gasteiger partial charge in [0.25, 0.3) is 5.91 Å². The number of thiazole rings is 1. The molecule has 0 radical (unpaired) electrons. The third-order valence-corrected chi connectivity index (χ3v) is 4.51. The van der Waals surface area contributed by atoms with Crippen molar-refractivity contribution in [1.29, 1.82) is 0 Å². The van der Waals surface area contributed by atoms with Crippen molar-refractivity contribution in [3.05, 3.63) is 4.88 Å². The first-order chi connectivity index (χ1) is 8.50. The summed E-state index contributed by atoms with van der Waals surface area (Å²) in [7, 11) is 3.80. The molecule has 2 heterocycles. The lowest BCUT2D eigenvalue weighted by molar-refractivity contribution is 0.0641. The molecule has 0 bridgehead atoms. The summed E-state index contributed by atoms with van der Waals surface area (Å²) in [6, 6.07) is 0.301. The summed E-state index contributed by atoms with van der Waals surface area (Å²) in [5.74, 6) is 0.386. The molecule has 1 atom stereocenters. The van der Waals surface area contributed by atoms with E-state index in [9.17, 15) is 4.79 Å². The third kappa shape index (κ3) is 2.43. The maximum atomic E-state index is 12.5. The number of hydrogen-bond donors (Lipinski definition) is 1. The SMILES string of the molecule is CC1CCCCN1C(=O)c1sc(N(C)C)nc1N. The van der Waals surface area contributed by atoms with Crippen LogP contribution in [0.4, 0.5) is 10.9 Å². The van der Waals surface area contributed by atoms with E-state index >= 15 is 0 Å². The molecule has 1 unspecified atom stereocenters. The Balaban J connectivity index is 2.22. The number of carbonyl (C=O) groups is 1. The number of amides is 1. The molecule has 1 amide bonds. The Bertz CT molecular complexity index is 443. The van der Waals surface area contributed by atoms with Gasteiger partial charge in [0.15, 0.2) is 5.13 Å². The van der Waals surface area contributed by atoms with Crippen LogP contribution in [0.5, 0.6) is 0 Å². The van der Waals surface area contributed by atoms with Crippen LogP contribution >= 0.6 is 11.3 Å². The predicted molar refractivity (Wildman–Crippen MR) is 75.2 cm³/mol. The lowest BCUT2D eigenvalue weighted by Gasteiger charge is -2.33.